The first-order valence-electron chi connectivity index (χ1n) is 13.8. The summed E-state index contributed by atoms with van der Waals surface area (Å²) in [4.78, 5) is 38.4. The molecule has 2 aliphatic carbocycles. The molecular formula is C29H36N2O9. The number of allylic oxidation sites excluding steroid dienone is 1. The lowest BCUT2D eigenvalue weighted by Gasteiger charge is -2.31. The Bertz CT molecular complexity index is 1150. The molecule has 2 amide bonds. The predicted molar refractivity (Wildman–Crippen MR) is 142 cm³/mol. The second-order valence-corrected chi connectivity index (χ2v) is 10.7. The second kappa shape index (κ2) is 12.6. The third-order valence-electron chi connectivity index (χ3n) is 7.76. The van der Waals surface area contributed by atoms with Gasteiger partial charge in [0.2, 0.25) is 11.8 Å². The molecule has 3 unspecified atom stereocenters. The van der Waals surface area contributed by atoms with Crippen LogP contribution in [0.5, 0.6) is 0 Å². The zero-order chi connectivity index (χ0) is 28.2. The molecular weight excluding hydrogens is 520 g/mol. The number of hydrogen-bond donors (Lipinski definition) is 4. The lowest BCUT2D eigenvalue weighted by molar-refractivity contribution is -0.130. The average Bonchev–Trinajstić information content (AvgIpc) is 3.57. The highest BCUT2D eigenvalue weighted by atomic mass is 16.7. The van der Waals surface area contributed by atoms with Crippen LogP contribution in [0.1, 0.15) is 48.5 Å². The van der Waals surface area contributed by atoms with Crippen LogP contribution in [0.3, 0.4) is 0 Å². The van der Waals surface area contributed by atoms with Crippen LogP contribution in [0.2, 0.25) is 0 Å². The van der Waals surface area contributed by atoms with E-state index in [2.05, 4.69) is 22.8 Å². The van der Waals surface area contributed by atoms with Gasteiger partial charge in [-0.2, -0.15) is 0 Å². The monoisotopic (exact) mass is 556 g/mol. The number of rotatable bonds is 10. The van der Waals surface area contributed by atoms with Crippen LogP contribution >= 0.6 is 0 Å². The van der Waals surface area contributed by atoms with E-state index in [1.807, 2.05) is 12.1 Å². The summed E-state index contributed by atoms with van der Waals surface area (Å²) in [6.45, 7) is 1.08. The molecule has 216 valence electrons. The van der Waals surface area contributed by atoms with E-state index in [1.54, 1.807) is 18.2 Å². The van der Waals surface area contributed by atoms with E-state index in [1.165, 1.54) is 6.92 Å². The molecule has 11 nitrogen and oxygen atoms in total. The lowest BCUT2D eigenvalue weighted by atomic mass is 9.89. The Hall–Kier alpha value is -3.09. The van der Waals surface area contributed by atoms with Gasteiger partial charge in [-0.15, -0.1) is 0 Å². The van der Waals surface area contributed by atoms with Crippen LogP contribution in [0.4, 0.5) is 0 Å². The molecule has 11 heteroatoms. The minimum Gasteiger partial charge on any atom is -0.456 e. The van der Waals surface area contributed by atoms with Gasteiger partial charge in [0, 0.05) is 18.5 Å². The van der Waals surface area contributed by atoms with Crippen molar-refractivity contribution in [2.75, 3.05) is 19.9 Å². The molecule has 2 heterocycles. The fourth-order valence-corrected chi connectivity index (χ4v) is 5.45. The lowest BCUT2D eigenvalue weighted by Crippen LogP contribution is -2.54. The quantitative estimate of drug-likeness (QED) is 0.242. The number of aliphatic hydroxyl groups is 2. The molecule has 4 N–H and O–H groups in total. The summed E-state index contributed by atoms with van der Waals surface area (Å²) < 4.78 is 22.6. The number of amides is 2. The third kappa shape index (κ3) is 6.79. The van der Waals surface area contributed by atoms with Crippen molar-refractivity contribution in [3.8, 4) is 0 Å². The number of epoxide rings is 1. The molecule has 4 aliphatic rings. The average molecular weight is 557 g/mol. The summed E-state index contributed by atoms with van der Waals surface area (Å²) in [5, 5.41) is 23.9. The van der Waals surface area contributed by atoms with Crippen LogP contribution < -0.4 is 10.6 Å². The van der Waals surface area contributed by atoms with E-state index < -0.39 is 48.2 Å². The van der Waals surface area contributed by atoms with Gasteiger partial charge >= 0.3 is 5.97 Å². The summed E-state index contributed by atoms with van der Waals surface area (Å²) in [7, 11) is 0. The molecule has 8 atom stereocenters. The number of hydrogen-bond acceptors (Lipinski definition) is 9. The molecule has 1 aromatic rings. The standard InChI is InChI=1S/C29H36N2O9/c1-16(33)25(28(35)30-10-11-32)31-27(34)20-13-23-26(38-15-37-23)24(14-20)40-29(36)19-7-4-17(5-8-19)2-3-18-6-9-21-22(12-18)39-21/h2-5,7-8,13,16,18,21-26,32-33H,6,9-12,14-15H2,1H3,(H,30,35)(H,31,34)/t16-,18?,21?,22?,23+,24+,25+,26+/m0/s1. The van der Waals surface area contributed by atoms with Gasteiger partial charge in [0.25, 0.3) is 0 Å². The summed E-state index contributed by atoms with van der Waals surface area (Å²) in [6, 6.07) is 5.90. The van der Waals surface area contributed by atoms with E-state index in [0.717, 1.165) is 24.8 Å². The molecule has 2 aliphatic heterocycles. The van der Waals surface area contributed by atoms with E-state index in [4.69, 9.17) is 24.1 Å². The summed E-state index contributed by atoms with van der Waals surface area (Å²) in [5.41, 5.74) is 1.60. The van der Waals surface area contributed by atoms with Crippen molar-refractivity contribution in [2.24, 2.45) is 5.92 Å². The van der Waals surface area contributed by atoms with E-state index in [-0.39, 0.29) is 31.9 Å². The van der Waals surface area contributed by atoms with Crippen molar-refractivity contribution in [1.29, 1.82) is 0 Å². The Morgan fingerprint density at radius 3 is 2.67 bits per heavy atom. The third-order valence-corrected chi connectivity index (χ3v) is 7.76. The van der Waals surface area contributed by atoms with Crippen LogP contribution in [0, 0.1) is 5.92 Å². The SMILES string of the molecule is C[C@H](O)[C@@H](NC(=O)C1=C[C@H]2OCO[C@H]2[C@H](OC(=O)c2ccc(C=CC3CCC4OC4C3)cc2)C1)C(=O)NCCO. The van der Waals surface area contributed by atoms with Crippen molar-refractivity contribution < 1.29 is 43.5 Å². The van der Waals surface area contributed by atoms with Gasteiger partial charge in [-0.25, -0.2) is 4.79 Å². The second-order valence-electron chi connectivity index (χ2n) is 10.7. The smallest absolute Gasteiger partial charge is 0.338 e. The minimum atomic E-state index is -1.23. The van der Waals surface area contributed by atoms with Gasteiger partial charge < -0.3 is 39.8 Å². The summed E-state index contributed by atoms with van der Waals surface area (Å²) in [5.74, 6) is -1.27. The molecule has 0 bridgehead atoms. The fourth-order valence-electron chi connectivity index (χ4n) is 5.45. The molecule has 0 radical (unpaired) electrons. The highest BCUT2D eigenvalue weighted by molar-refractivity contribution is 5.97. The van der Waals surface area contributed by atoms with Gasteiger partial charge in [-0.05, 0) is 55.9 Å². The predicted octanol–water partition coefficient (Wildman–Crippen LogP) is 0.838. The summed E-state index contributed by atoms with van der Waals surface area (Å²) in [6.07, 6.45) is 6.95. The van der Waals surface area contributed by atoms with Gasteiger partial charge in [-0.3, -0.25) is 9.59 Å². The minimum absolute atomic E-state index is 0.00972. The molecule has 2 saturated heterocycles. The zero-order valence-electron chi connectivity index (χ0n) is 22.4. The highest BCUT2D eigenvalue weighted by Gasteiger charge is 2.44. The molecule has 1 aromatic carbocycles. The van der Waals surface area contributed by atoms with E-state index in [0.29, 0.717) is 23.7 Å². The first kappa shape index (κ1) is 28.4. The van der Waals surface area contributed by atoms with Gasteiger partial charge in [0.15, 0.2) is 0 Å². The van der Waals surface area contributed by atoms with Crippen LogP contribution in [-0.4, -0.2) is 90.6 Å². The Balaban J connectivity index is 1.19. The maximum Gasteiger partial charge on any atom is 0.338 e. The summed E-state index contributed by atoms with van der Waals surface area (Å²) >= 11 is 0. The molecule has 1 saturated carbocycles. The number of benzene rings is 1. The number of esters is 1. The number of carbonyl (C=O) groups is 3. The Kier molecular flexibility index (Phi) is 8.97. The number of carbonyl (C=O) groups excluding carboxylic acids is 3. The van der Waals surface area contributed by atoms with Crippen molar-refractivity contribution in [3.05, 3.63) is 53.1 Å². The van der Waals surface area contributed by atoms with Crippen molar-refractivity contribution in [3.63, 3.8) is 0 Å². The van der Waals surface area contributed by atoms with Crippen LogP contribution in [-0.2, 0) is 28.5 Å². The first-order valence-corrected chi connectivity index (χ1v) is 13.8. The number of nitrogens with one attached hydrogen (secondary N) is 2. The molecule has 0 spiro atoms. The maximum atomic E-state index is 13.0. The van der Waals surface area contributed by atoms with Crippen LogP contribution in [0.15, 0.2) is 42.0 Å². The maximum absolute atomic E-state index is 13.0. The Morgan fingerprint density at radius 1 is 1.15 bits per heavy atom. The van der Waals surface area contributed by atoms with Crippen LogP contribution in [0.25, 0.3) is 6.08 Å². The topological polar surface area (TPSA) is 156 Å². The van der Waals surface area contributed by atoms with Crippen molar-refractivity contribution in [1.82, 2.24) is 10.6 Å². The van der Waals surface area contributed by atoms with E-state index in [9.17, 15) is 19.5 Å². The zero-order valence-corrected chi connectivity index (χ0v) is 22.4. The molecule has 5 rings (SSSR count). The molecule has 40 heavy (non-hydrogen) atoms. The Morgan fingerprint density at radius 2 is 1.95 bits per heavy atom. The van der Waals surface area contributed by atoms with E-state index >= 15 is 0 Å². The molecule has 0 aromatic heterocycles. The van der Waals surface area contributed by atoms with Crippen molar-refractivity contribution >= 4 is 23.9 Å². The number of fused-ring (bicyclic) bond motifs is 2. The normalized spacial score (nSPS) is 30.4. The Labute approximate surface area is 232 Å². The van der Waals surface area contributed by atoms with Gasteiger partial charge in [0.05, 0.1) is 30.5 Å². The molecule has 3 fully saturated rings. The largest absolute Gasteiger partial charge is 0.456 e. The first-order chi connectivity index (χ1) is 19.3. The highest BCUT2D eigenvalue weighted by Crippen LogP contribution is 2.40. The van der Waals surface area contributed by atoms with Gasteiger partial charge in [-0.1, -0.05) is 24.3 Å². The number of aliphatic hydroxyl groups excluding tert-OH is 2. The fraction of sp³-hybridized carbons (Fsp3) is 0.552. The van der Waals surface area contributed by atoms with Gasteiger partial charge in [0.1, 0.15) is 31.1 Å². The van der Waals surface area contributed by atoms with Crippen molar-refractivity contribution in [2.45, 2.75) is 75.3 Å². The number of ether oxygens (including phenoxy) is 4.